The zero-order valence-electron chi connectivity index (χ0n) is 9.94. The third-order valence-electron chi connectivity index (χ3n) is 3.11. The van der Waals surface area contributed by atoms with Crippen molar-refractivity contribution in [2.45, 2.75) is 38.1 Å². The maximum Gasteiger partial charge on any atom is 0.227 e. The van der Waals surface area contributed by atoms with Gasteiger partial charge in [-0.2, -0.15) is 0 Å². The van der Waals surface area contributed by atoms with Crippen molar-refractivity contribution in [1.82, 2.24) is 5.32 Å². The number of hydrogen-bond donors (Lipinski definition) is 2. The van der Waals surface area contributed by atoms with E-state index in [0.29, 0.717) is 6.54 Å². The second-order valence-corrected chi connectivity index (χ2v) is 5.39. The molecular formula is C12H19ClN2OS. The van der Waals surface area contributed by atoms with E-state index in [1.54, 1.807) is 11.3 Å². The van der Waals surface area contributed by atoms with Crippen LogP contribution in [0.25, 0.3) is 0 Å². The molecule has 0 radical (unpaired) electrons. The topological polar surface area (TPSA) is 55.1 Å². The van der Waals surface area contributed by atoms with Crippen molar-refractivity contribution >= 4 is 29.7 Å². The zero-order chi connectivity index (χ0) is 11.5. The van der Waals surface area contributed by atoms with Crippen molar-refractivity contribution in [3.05, 3.63) is 21.9 Å². The Morgan fingerprint density at radius 2 is 2.47 bits per heavy atom. The average Bonchev–Trinajstić information content (AvgIpc) is 2.76. The van der Waals surface area contributed by atoms with Crippen LogP contribution in [0.15, 0.2) is 11.4 Å². The number of fused-ring (bicyclic) bond motifs is 1. The van der Waals surface area contributed by atoms with E-state index >= 15 is 0 Å². The Bertz CT molecular complexity index is 380. The molecule has 1 aromatic heterocycles. The van der Waals surface area contributed by atoms with Crippen molar-refractivity contribution < 1.29 is 4.79 Å². The minimum Gasteiger partial charge on any atom is -0.352 e. The summed E-state index contributed by atoms with van der Waals surface area (Å²) in [5.41, 5.74) is 6.75. The van der Waals surface area contributed by atoms with Crippen LogP contribution >= 0.6 is 23.7 Å². The molecule has 0 aromatic carbocycles. The van der Waals surface area contributed by atoms with Gasteiger partial charge in [-0.15, -0.1) is 23.7 Å². The Kier molecular flexibility index (Phi) is 5.43. The summed E-state index contributed by atoms with van der Waals surface area (Å²) >= 11 is 1.77. The lowest BCUT2D eigenvalue weighted by atomic mass is 9.87. The van der Waals surface area contributed by atoms with Crippen LogP contribution in [0.2, 0.25) is 0 Å². The van der Waals surface area contributed by atoms with Crippen LogP contribution in [-0.4, -0.2) is 18.5 Å². The molecule has 0 aliphatic heterocycles. The summed E-state index contributed by atoms with van der Waals surface area (Å²) in [6, 6.07) is 2.16. The summed E-state index contributed by atoms with van der Waals surface area (Å²) in [6.07, 6.45) is 3.21. The molecule has 96 valence electrons. The minimum absolute atomic E-state index is 0. The third-order valence-corrected chi connectivity index (χ3v) is 4.11. The van der Waals surface area contributed by atoms with E-state index in [1.165, 1.54) is 10.4 Å². The molecule has 0 fully saturated rings. The summed E-state index contributed by atoms with van der Waals surface area (Å²) in [6.45, 7) is 2.43. The van der Waals surface area contributed by atoms with Gasteiger partial charge in [-0.05, 0) is 43.2 Å². The predicted molar refractivity (Wildman–Crippen MR) is 73.9 cm³/mol. The maximum absolute atomic E-state index is 12.1. The smallest absolute Gasteiger partial charge is 0.227 e. The molecule has 2 atom stereocenters. The zero-order valence-corrected chi connectivity index (χ0v) is 11.6. The fraction of sp³-hybridized carbons (Fsp3) is 0.583. The van der Waals surface area contributed by atoms with E-state index in [4.69, 9.17) is 5.73 Å². The van der Waals surface area contributed by atoms with Gasteiger partial charge < -0.3 is 11.1 Å². The SMILES string of the molecule is C[C@H](CN)NC(=O)C1CCCc2sccc21.Cl. The number of nitrogens with two attached hydrogens (primary N) is 1. The fourth-order valence-corrected chi connectivity index (χ4v) is 3.15. The largest absolute Gasteiger partial charge is 0.352 e. The number of carbonyl (C=O) groups excluding carboxylic acids is 1. The highest BCUT2D eigenvalue weighted by molar-refractivity contribution is 7.10. The van der Waals surface area contributed by atoms with Gasteiger partial charge in [-0.1, -0.05) is 0 Å². The number of amides is 1. The second kappa shape index (κ2) is 6.38. The van der Waals surface area contributed by atoms with E-state index < -0.39 is 0 Å². The minimum atomic E-state index is 0. The van der Waals surface area contributed by atoms with Crippen molar-refractivity contribution in [3.8, 4) is 0 Å². The van der Waals surface area contributed by atoms with Gasteiger partial charge >= 0.3 is 0 Å². The molecule has 0 saturated carbocycles. The van der Waals surface area contributed by atoms with Gasteiger partial charge in [0.25, 0.3) is 0 Å². The number of nitrogens with one attached hydrogen (secondary N) is 1. The Balaban J connectivity index is 0.00000144. The lowest BCUT2D eigenvalue weighted by molar-refractivity contribution is -0.123. The number of aryl methyl sites for hydroxylation is 1. The van der Waals surface area contributed by atoms with Gasteiger partial charge in [0.15, 0.2) is 0 Å². The van der Waals surface area contributed by atoms with Gasteiger partial charge in [0.1, 0.15) is 0 Å². The molecule has 1 aromatic rings. The molecule has 0 spiro atoms. The second-order valence-electron chi connectivity index (χ2n) is 4.39. The van der Waals surface area contributed by atoms with Crippen molar-refractivity contribution in [2.75, 3.05) is 6.54 Å². The van der Waals surface area contributed by atoms with Gasteiger partial charge in [0.2, 0.25) is 5.91 Å². The number of hydrogen-bond acceptors (Lipinski definition) is 3. The highest BCUT2D eigenvalue weighted by Crippen LogP contribution is 2.34. The van der Waals surface area contributed by atoms with Gasteiger partial charge in [0.05, 0.1) is 5.92 Å². The first-order valence-corrected chi connectivity index (χ1v) is 6.67. The van der Waals surface area contributed by atoms with Crippen molar-refractivity contribution in [2.24, 2.45) is 5.73 Å². The Morgan fingerprint density at radius 1 is 1.71 bits per heavy atom. The van der Waals surface area contributed by atoms with E-state index in [9.17, 15) is 4.79 Å². The van der Waals surface area contributed by atoms with Crippen LogP contribution < -0.4 is 11.1 Å². The maximum atomic E-state index is 12.1. The van der Waals surface area contributed by atoms with Crippen LogP contribution in [0.5, 0.6) is 0 Å². The van der Waals surface area contributed by atoms with Crippen LogP contribution in [0.1, 0.15) is 36.1 Å². The highest BCUT2D eigenvalue weighted by atomic mass is 35.5. The van der Waals surface area contributed by atoms with Crippen molar-refractivity contribution in [1.29, 1.82) is 0 Å². The summed E-state index contributed by atoms with van der Waals surface area (Å²) in [7, 11) is 0. The van der Waals surface area contributed by atoms with Gasteiger partial charge in [-0.3, -0.25) is 4.79 Å². The quantitative estimate of drug-likeness (QED) is 0.886. The molecule has 17 heavy (non-hydrogen) atoms. The standard InChI is InChI=1S/C12H18N2OS.ClH/c1-8(7-13)14-12(15)10-3-2-4-11-9(10)5-6-16-11;/h5-6,8,10H,2-4,7,13H2,1H3,(H,14,15);1H/t8-,10?;/m1./s1. The summed E-state index contributed by atoms with van der Waals surface area (Å²) in [4.78, 5) is 13.4. The molecule has 0 saturated heterocycles. The number of halogens is 1. The Morgan fingerprint density at radius 3 is 3.18 bits per heavy atom. The molecule has 3 N–H and O–H groups in total. The lowest BCUT2D eigenvalue weighted by Crippen LogP contribution is -2.41. The molecule has 1 aliphatic carbocycles. The first kappa shape index (κ1) is 14.5. The average molecular weight is 275 g/mol. The fourth-order valence-electron chi connectivity index (χ4n) is 2.16. The van der Waals surface area contributed by atoms with Crippen LogP contribution in [-0.2, 0) is 11.2 Å². The first-order chi connectivity index (χ1) is 7.72. The molecule has 1 unspecified atom stereocenters. The first-order valence-electron chi connectivity index (χ1n) is 5.79. The monoisotopic (exact) mass is 274 g/mol. The molecule has 0 bridgehead atoms. The molecule has 2 rings (SSSR count). The van der Waals surface area contributed by atoms with Crippen LogP contribution in [0.3, 0.4) is 0 Å². The van der Waals surface area contributed by atoms with Crippen LogP contribution in [0, 0.1) is 0 Å². The van der Waals surface area contributed by atoms with Gasteiger partial charge in [0, 0.05) is 17.5 Å². The molecule has 3 nitrogen and oxygen atoms in total. The third kappa shape index (κ3) is 3.21. The molecular weight excluding hydrogens is 256 g/mol. The Hall–Kier alpha value is -0.580. The van der Waals surface area contributed by atoms with E-state index in [2.05, 4.69) is 16.8 Å². The number of thiophene rings is 1. The highest BCUT2D eigenvalue weighted by Gasteiger charge is 2.27. The lowest BCUT2D eigenvalue weighted by Gasteiger charge is -2.23. The normalized spacial score (nSPS) is 20.0. The molecule has 5 heteroatoms. The van der Waals surface area contributed by atoms with Gasteiger partial charge in [-0.25, -0.2) is 0 Å². The number of carbonyl (C=O) groups is 1. The molecule has 1 amide bonds. The van der Waals surface area contributed by atoms with Crippen molar-refractivity contribution in [3.63, 3.8) is 0 Å². The summed E-state index contributed by atoms with van der Waals surface area (Å²) in [5.74, 6) is 0.182. The summed E-state index contributed by atoms with van der Waals surface area (Å²) < 4.78 is 0. The summed E-state index contributed by atoms with van der Waals surface area (Å²) in [5, 5.41) is 5.06. The van der Waals surface area contributed by atoms with E-state index in [0.717, 1.165) is 19.3 Å². The number of rotatable bonds is 3. The Labute approximate surface area is 112 Å². The molecule has 1 heterocycles. The van der Waals surface area contributed by atoms with E-state index in [-0.39, 0.29) is 30.3 Å². The molecule has 1 aliphatic rings. The van der Waals surface area contributed by atoms with E-state index in [1.807, 2.05) is 6.92 Å². The van der Waals surface area contributed by atoms with Crippen LogP contribution in [0.4, 0.5) is 0 Å². The predicted octanol–water partition coefficient (Wildman–Crippen LogP) is 2.05.